The van der Waals surface area contributed by atoms with E-state index in [-0.39, 0.29) is 29.3 Å². The zero-order valence-corrected chi connectivity index (χ0v) is 19.3. The number of ether oxygens (including phenoxy) is 1. The summed E-state index contributed by atoms with van der Waals surface area (Å²) in [6.07, 6.45) is 4.44. The third-order valence-corrected chi connectivity index (χ3v) is 7.04. The third kappa shape index (κ3) is 4.19. The summed E-state index contributed by atoms with van der Waals surface area (Å²) in [7, 11) is 3.39. The average Bonchev–Trinajstić information content (AvgIpc) is 3.23. The van der Waals surface area contributed by atoms with Crippen molar-refractivity contribution in [3.63, 3.8) is 0 Å². The number of benzene rings is 2. The summed E-state index contributed by atoms with van der Waals surface area (Å²) in [5, 5.41) is 3.17. The Balaban J connectivity index is 1.30. The number of fused-ring (bicyclic) bond motifs is 1. The van der Waals surface area contributed by atoms with Gasteiger partial charge < -0.3 is 19.4 Å². The topological polar surface area (TPSA) is 84.7 Å². The molecule has 33 heavy (non-hydrogen) atoms. The predicted molar refractivity (Wildman–Crippen MR) is 125 cm³/mol. The Morgan fingerprint density at radius 1 is 1.18 bits per heavy atom. The van der Waals surface area contributed by atoms with Crippen LogP contribution < -0.4 is 10.1 Å². The highest BCUT2D eigenvalue weighted by Gasteiger charge is 2.42. The number of carbonyl (C=O) groups is 2. The fourth-order valence-electron chi connectivity index (χ4n) is 4.62. The maximum atomic E-state index is 13.2. The van der Waals surface area contributed by atoms with Gasteiger partial charge in [-0.05, 0) is 69.4 Å². The summed E-state index contributed by atoms with van der Waals surface area (Å²) in [5.41, 5.74) is 2.69. The number of carbonyl (C=O) groups excluding carboxylic acids is 2. The molecule has 1 aromatic heterocycles. The zero-order chi connectivity index (χ0) is 23.2. The number of aromatic nitrogens is 1. The van der Waals surface area contributed by atoms with Gasteiger partial charge in [-0.15, -0.1) is 0 Å². The number of amides is 2. The van der Waals surface area contributed by atoms with Crippen molar-refractivity contribution in [2.45, 2.75) is 50.6 Å². The summed E-state index contributed by atoms with van der Waals surface area (Å²) in [5.74, 6) is 0.996. The van der Waals surface area contributed by atoms with Crippen molar-refractivity contribution in [1.29, 1.82) is 0 Å². The minimum atomic E-state index is -0.0855. The van der Waals surface area contributed by atoms with Crippen LogP contribution in [0.15, 0.2) is 46.9 Å². The summed E-state index contributed by atoms with van der Waals surface area (Å²) in [6, 6.07) is 12.9. The van der Waals surface area contributed by atoms with Crippen molar-refractivity contribution >= 4 is 22.9 Å². The molecule has 1 N–H and O–H groups in total. The molecule has 2 fully saturated rings. The maximum absolute atomic E-state index is 13.2. The van der Waals surface area contributed by atoms with E-state index in [0.29, 0.717) is 34.8 Å². The monoisotopic (exact) mass is 447 g/mol. The molecule has 3 aromatic rings. The molecule has 1 unspecified atom stereocenters. The molecule has 172 valence electrons. The van der Waals surface area contributed by atoms with Gasteiger partial charge in [0.1, 0.15) is 11.3 Å². The quantitative estimate of drug-likeness (QED) is 0.605. The Morgan fingerprint density at radius 2 is 1.97 bits per heavy atom. The van der Waals surface area contributed by atoms with Crippen LogP contribution in [0.1, 0.15) is 49.4 Å². The standard InChI is InChI=1S/C26H29N3O4/c1-26(12-13-26)28-23(30)16-8-10-18(14-16)29(2)25(31)17-9-11-19(22(15-17)32-3)24-27-20-6-4-5-7-21(20)33-24/h4-7,9,11,15-16,18H,8,10,12-14H2,1-3H3,(H,28,30)/t16-,18?/m0/s1. The first kappa shape index (κ1) is 21.5. The first-order valence-corrected chi connectivity index (χ1v) is 11.5. The molecule has 2 atom stereocenters. The van der Waals surface area contributed by atoms with Crippen LogP contribution in [0, 0.1) is 5.92 Å². The molecule has 2 saturated carbocycles. The van der Waals surface area contributed by atoms with Crippen molar-refractivity contribution in [2.75, 3.05) is 14.2 Å². The highest BCUT2D eigenvalue weighted by molar-refractivity contribution is 5.95. The smallest absolute Gasteiger partial charge is 0.253 e. The van der Waals surface area contributed by atoms with Gasteiger partial charge in [-0.3, -0.25) is 9.59 Å². The summed E-state index contributed by atoms with van der Waals surface area (Å²) < 4.78 is 11.4. The van der Waals surface area contributed by atoms with E-state index in [4.69, 9.17) is 9.15 Å². The first-order chi connectivity index (χ1) is 15.9. The third-order valence-electron chi connectivity index (χ3n) is 7.04. The Kier molecular flexibility index (Phi) is 5.35. The van der Waals surface area contributed by atoms with E-state index in [1.807, 2.05) is 37.4 Å². The fourth-order valence-corrected chi connectivity index (χ4v) is 4.62. The zero-order valence-electron chi connectivity index (χ0n) is 19.3. The van der Waals surface area contributed by atoms with Gasteiger partial charge in [-0.2, -0.15) is 0 Å². The van der Waals surface area contributed by atoms with Gasteiger partial charge in [-0.1, -0.05) is 12.1 Å². The molecule has 0 bridgehead atoms. The molecule has 7 heteroatoms. The van der Waals surface area contributed by atoms with Crippen LogP contribution >= 0.6 is 0 Å². The lowest BCUT2D eigenvalue weighted by Crippen LogP contribution is -2.39. The van der Waals surface area contributed by atoms with Crippen molar-refractivity contribution in [1.82, 2.24) is 15.2 Å². The van der Waals surface area contributed by atoms with Crippen molar-refractivity contribution in [3.05, 3.63) is 48.0 Å². The van der Waals surface area contributed by atoms with Gasteiger partial charge >= 0.3 is 0 Å². The Morgan fingerprint density at radius 3 is 2.70 bits per heavy atom. The van der Waals surface area contributed by atoms with E-state index in [1.54, 1.807) is 24.1 Å². The second-order valence-electron chi connectivity index (χ2n) is 9.53. The molecule has 5 rings (SSSR count). The normalized spacial score (nSPS) is 21.1. The first-order valence-electron chi connectivity index (χ1n) is 11.5. The maximum Gasteiger partial charge on any atom is 0.253 e. The number of para-hydroxylation sites is 2. The van der Waals surface area contributed by atoms with Crippen molar-refractivity contribution in [2.24, 2.45) is 5.92 Å². The van der Waals surface area contributed by atoms with E-state index in [1.165, 1.54) is 0 Å². The van der Waals surface area contributed by atoms with E-state index in [2.05, 4.69) is 17.2 Å². The van der Waals surface area contributed by atoms with Crippen LogP contribution in [-0.4, -0.2) is 47.4 Å². The van der Waals surface area contributed by atoms with E-state index < -0.39 is 0 Å². The molecule has 7 nitrogen and oxygen atoms in total. The van der Waals surface area contributed by atoms with Crippen LogP contribution in [0.25, 0.3) is 22.6 Å². The minimum absolute atomic E-state index is 0.0100. The van der Waals surface area contributed by atoms with Gasteiger partial charge in [0.25, 0.3) is 5.91 Å². The van der Waals surface area contributed by atoms with Crippen LogP contribution in [-0.2, 0) is 4.79 Å². The lowest BCUT2D eigenvalue weighted by atomic mass is 10.1. The molecular weight excluding hydrogens is 418 g/mol. The van der Waals surface area contributed by atoms with E-state index in [0.717, 1.165) is 31.2 Å². The number of hydrogen-bond acceptors (Lipinski definition) is 5. The molecule has 2 aliphatic carbocycles. The van der Waals surface area contributed by atoms with Crippen LogP contribution in [0.3, 0.4) is 0 Å². The lowest BCUT2D eigenvalue weighted by Gasteiger charge is -2.25. The average molecular weight is 448 g/mol. The van der Waals surface area contributed by atoms with Gasteiger partial charge in [0.05, 0.1) is 12.7 Å². The fraction of sp³-hybridized carbons (Fsp3) is 0.423. The van der Waals surface area contributed by atoms with Crippen molar-refractivity contribution in [3.8, 4) is 17.2 Å². The summed E-state index contributed by atoms with van der Waals surface area (Å²) in [4.78, 5) is 32.1. The summed E-state index contributed by atoms with van der Waals surface area (Å²) >= 11 is 0. The lowest BCUT2D eigenvalue weighted by molar-refractivity contribution is -0.125. The van der Waals surface area contributed by atoms with Gasteiger partial charge in [0.15, 0.2) is 5.58 Å². The predicted octanol–water partition coefficient (Wildman–Crippen LogP) is 4.41. The van der Waals surface area contributed by atoms with Crippen LogP contribution in [0.5, 0.6) is 5.75 Å². The number of hydrogen-bond donors (Lipinski definition) is 1. The Hall–Kier alpha value is -3.35. The molecule has 0 saturated heterocycles. The number of nitrogens with one attached hydrogen (secondary N) is 1. The second-order valence-corrected chi connectivity index (χ2v) is 9.53. The van der Waals surface area contributed by atoms with Crippen molar-refractivity contribution < 1.29 is 18.7 Å². The highest BCUT2D eigenvalue weighted by atomic mass is 16.5. The largest absolute Gasteiger partial charge is 0.496 e. The van der Waals surface area contributed by atoms with Gasteiger partial charge in [0, 0.05) is 30.1 Å². The number of methoxy groups -OCH3 is 1. The van der Waals surface area contributed by atoms with E-state index in [9.17, 15) is 9.59 Å². The SMILES string of the molecule is COc1cc(C(=O)N(C)C2CC[C@H](C(=O)NC3(C)CC3)C2)ccc1-c1nc2ccccc2o1. The molecule has 0 radical (unpaired) electrons. The Bertz CT molecular complexity index is 1180. The number of nitrogens with zero attached hydrogens (tertiary/aromatic N) is 2. The number of oxazole rings is 1. The minimum Gasteiger partial charge on any atom is -0.496 e. The molecule has 0 spiro atoms. The molecular formula is C26H29N3O4. The van der Waals surface area contributed by atoms with Gasteiger partial charge in [0.2, 0.25) is 11.8 Å². The molecule has 1 heterocycles. The molecule has 2 aliphatic rings. The second kappa shape index (κ2) is 8.21. The molecule has 0 aliphatic heterocycles. The summed E-state index contributed by atoms with van der Waals surface area (Å²) in [6.45, 7) is 2.09. The van der Waals surface area contributed by atoms with Gasteiger partial charge in [-0.25, -0.2) is 4.98 Å². The molecule has 2 aromatic carbocycles. The number of rotatable bonds is 6. The highest BCUT2D eigenvalue weighted by Crippen LogP contribution is 2.37. The molecule has 2 amide bonds. The Labute approximate surface area is 193 Å². The van der Waals surface area contributed by atoms with Crippen LogP contribution in [0.2, 0.25) is 0 Å². The van der Waals surface area contributed by atoms with Crippen LogP contribution in [0.4, 0.5) is 0 Å². The van der Waals surface area contributed by atoms with E-state index >= 15 is 0 Å².